The van der Waals surface area contributed by atoms with Crippen LogP contribution in [0.3, 0.4) is 0 Å². The number of hydrogen-bond donors (Lipinski definition) is 0. The Morgan fingerprint density at radius 3 is 2.25 bits per heavy atom. The summed E-state index contributed by atoms with van der Waals surface area (Å²) in [6, 6.07) is 0. The molecule has 2 heteroatoms. The van der Waals surface area contributed by atoms with Gasteiger partial charge in [-0.2, -0.15) is 0 Å². The molecule has 0 N–H and O–H groups in total. The normalized spacial score (nSPS) is 11.8. The van der Waals surface area contributed by atoms with E-state index in [1.165, 1.54) is 25.1 Å². The minimum atomic E-state index is 0.995. The lowest BCUT2D eigenvalue weighted by Crippen LogP contribution is -2.21. The van der Waals surface area contributed by atoms with E-state index in [2.05, 4.69) is 37.8 Å². The van der Waals surface area contributed by atoms with Crippen LogP contribution in [0.2, 0.25) is 0 Å². The molecule has 0 aliphatic rings. The van der Waals surface area contributed by atoms with Crippen molar-refractivity contribution in [3.8, 4) is 0 Å². The molecule has 0 saturated carbocycles. The Morgan fingerprint density at radius 2 is 1.83 bits per heavy atom. The van der Waals surface area contributed by atoms with Gasteiger partial charge in [-0.15, -0.1) is 0 Å². The van der Waals surface area contributed by atoms with E-state index in [0.29, 0.717) is 0 Å². The molecule has 0 fully saturated rings. The number of nitrogens with zero attached hydrogens (tertiary/aromatic N) is 2. The van der Waals surface area contributed by atoms with Gasteiger partial charge in [-0.1, -0.05) is 26.7 Å². The molecular formula is C10H22N2. The van der Waals surface area contributed by atoms with Gasteiger partial charge in [0.1, 0.15) is 0 Å². The highest BCUT2D eigenvalue weighted by Gasteiger charge is 1.95. The first-order chi connectivity index (χ1) is 5.72. The molecule has 0 atom stereocenters. The maximum absolute atomic E-state index is 4.52. The molecular weight excluding hydrogens is 148 g/mol. The van der Waals surface area contributed by atoms with Gasteiger partial charge in [-0.25, -0.2) is 0 Å². The van der Waals surface area contributed by atoms with Gasteiger partial charge < -0.3 is 4.90 Å². The van der Waals surface area contributed by atoms with Crippen molar-refractivity contribution in [2.24, 2.45) is 4.99 Å². The molecule has 0 unspecified atom stereocenters. The topological polar surface area (TPSA) is 15.6 Å². The highest BCUT2D eigenvalue weighted by Crippen LogP contribution is 1.96. The standard InChI is InChI=1S/C10H22N2/c1-5-7-8-9-11-10(6-2)12(3)4/h5-9H2,1-4H3. The van der Waals surface area contributed by atoms with Gasteiger partial charge in [0.05, 0.1) is 5.84 Å². The molecule has 0 aromatic carbocycles. The molecule has 0 aromatic heterocycles. The lowest BCUT2D eigenvalue weighted by Gasteiger charge is -2.13. The Balaban J connectivity index is 3.63. The first kappa shape index (κ1) is 11.5. The van der Waals surface area contributed by atoms with E-state index in [-0.39, 0.29) is 0 Å². The Morgan fingerprint density at radius 1 is 1.17 bits per heavy atom. The number of aliphatic imine (C=N–C) groups is 1. The first-order valence-electron chi connectivity index (χ1n) is 4.93. The summed E-state index contributed by atoms with van der Waals surface area (Å²) in [5, 5.41) is 0. The van der Waals surface area contributed by atoms with Crippen LogP contribution in [0.1, 0.15) is 39.5 Å². The molecule has 0 heterocycles. The smallest absolute Gasteiger partial charge is 0.0980 e. The zero-order chi connectivity index (χ0) is 9.40. The Kier molecular flexibility index (Phi) is 6.82. The predicted octanol–water partition coefficient (Wildman–Crippen LogP) is 2.55. The summed E-state index contributed by atoms with van der Waals surface area (Å²) >= 11 is 0. The van der Waals surface area contributed by atoms with Gasteiger partial charge >= 0.3 is 0 Å². The van der Waals surface area contributed by atoms with E-state index >= 15 is 0 Å². The summed E-state index contributed by atoms with van der Waals surface area (Å²) in [5.74, 6) is 1.21. The molecule has 0 spiro atoms. The average molecular weight is 170 g/mol. The van der Waals surface area contributed by atoms with E-state index in [0.717, 1.165) is 13.0 Å². The monoisotopic (exact) mass is 170 g/mol. The fraction of sp³-hybridized carbons (Fsp3) is 0.900. The second-order valence-corrected chi connectivity index (χ2v) is 3.25. The highest BCUT2D eigenvalue weighted by atomic mass is 15.1. The Bertz CT molecular complexity index is 128. The minimum Gasteiger partial charge on any atom is -0.367 e. The molecule has 0 rings (SSSR count). The Labute approximate surface area is 76.7 Å². The zero-order valence-electron chi connectivity index (χ0n) is 8.93. The van der Waals surface area contributed by atoms with Crippen molar-refractivity contribution in [2.75, 3.05) is 20.6 Å². The third-order valence-corrected chi connectivity index (χ3v) is 1.89. The van der Waals surface area contributed by atoms with Crippen molar-refractivity contribution in [2.45, 2.75) is 39.5 Å². The highest BCUT2D eigenvalue weighted by molar-refractivity contribution is 5.81. The lowest BCUT2D eigenvalue weighted by molar-refractivity contribution is 0.598. The van der Waals surface area contributed by atoms with Crippen LogP contribution in [-0.2, 0) is 0 Å². The molecule has 2 nitrogen and oxygen atoms in total. The number of unbranched alkanes of at least 4 members (excludes halogenated alkanes) is 2. The molecule has 0 aliphatic heterocycles. The van der Waals surface area contributed by atoms with Crippen molar-refractivity contribution in [3.63, 3.8) is 0 Å². The first-order valence-corrected chi connectivity index (χ1v) is 4.93. The van der Waals surface area contributed by atoms with Crippen molar-refractivity contribution in [3.05, 3.63) is 0 Å². The third kappa shape index (κ3) is 5.16. The number of hydrogen-bond acceptors (Lipinski definition) is 1. The summed E-state index contributed by atoms with van der Waals surface area (Å²) in [6.45, 7) is 5.37. The summed E-state index contributed by atoms with van der Waals surface area (Å²) in [6.07, 6.45) is 4.85. The molecule has 12 heavy (non-hydrogen) atoms. The van der Waals surface area contributed by atoms with Gasteiger partial charge in [0, 0.05) is 27.1 Å². The third-order valence-electron chi connectivity index (χ3n) is 1.89. The van der Waals surface area contributed by atoms with Crippen molar-refractivity contribution in [1.82, 2.24) is 4.90 Å². The number of rotatable bonds is 5. The molecule has 0 radical (unpaired) electrons. The van der Waals surface area contributed by atoms with Crippen molar-refractivity contribution < 1.29 is 0 Å². The molecule has 0 amide bonds. The van der Waals surface area contributed by atoms with E-state index in [1.54, 1.807) is 0 Å². The van der Waals surface area contributed by atoms with Crippen LogP contribution in [0.25, 0.3) is 0 Å². The summed E-state index contributed by atoms with van der Waals surface area (Å²) in [5.41, 5.74) is 0. The van der Waals surface area contributed by atoms with Gasteiger partial charge in [-0.05, 0) is 6.42 Å². The molecule has 0 aliphatic carbocycles. The van der Waals surface area contributed by atoms with Crippen LogP contribution in [0, 0.1) is 0 Å². The van der Waals surface area contributed by atoms with Gasteiger partial charge in [0.2, 0.25) is 0 Å². The summed E-state index contributed by atoms with van der Waals surface area (Å²) in [7, 11) is 4.12. The van der Waals surface area contributed by atoms with E-state index in [4.69, 9.17) is 0 Å². The minimum absolute atomic E-state index is 0.995. The lowest BCUT2D eigenvalue weighted by atomic mass is 10.2. The van der Waals surface area contributed by atoms with E-state index in [9.17, 15) is 0 Å². The van der Waals surface area contributed by atoms with Crippen LogP contribution in [0.5, 0.6) is 0 Å². The quantitative estimate of drug-likeness (QED) is 0.352. The zero-order valence-corrected chi connectivity index (χ0v) is 8.93. The van der Waals surface area contributed by atoms with Gasteiger partial charge in [-0.3, -0.25) is 4.99 Å². The van der Waals surface area contributed by atoms with Crippen molar-refractivity contribution in [1.29, 1.82) is 0 Å². The molecule has 0 bridgehead atoms. The fourth-order valence-corrected chi connectivity index (χ4v) is 1.14. The van der Waals surface area contributed by atoms with Crippen molar-refractivity contribution >= 4 is 5.84 Å². The maximum atomic E-state index is 4.52. The van der Waals surface area contributed by atoms with Crippen LogP contribution in [-0.4, -0.2) is 31.4 Å². The summed E-state index contributed by atoms with van der Waals surface area (Å²) in [4.78, 5) is 6.62. The second kappa shape index (κ2) is 7.14. The maximum Gasteiger partial charge on any atom is 0.0980 e. The van der Waals surface area contributed by atoms with E-state index < -0.39 is 0 Å². The van der Waals surface area contributed by atoms with E-state index in [1.807, 2.05) is 0 Å². The molecule has 0 aromatic rings. The molecule has 72 valence electrons. The van der Waals surface area contributed by atoms with Crippen LogP contribution >= 0.6 is 0 Å². The van der Waals surface area contributed by atoms with Gasteiger partial charge in [0.15, 0.2) is 0 Å². The summed E-state index contributed by atoms with van der Waals surface area (Å²) < 4.78 is 0. The largest absolute Gasteiger partial charge is 0.367 e. The Hall–Kier alpha value is -0.530. The second-order valence-electron chi connectivity index (χ2n) is 3.25. The average Bonchev–Trinajstić information content (AvgIpc) is 2.04. The van der Waals surface area contributed by atoms with Crippen LogP contribution in [0.4, 0.5) is 0 Å². The van der Waals surface area contributed by atoms with Gasteiger partial charge in [0.25, 0.3) is 0 Å². The number of amidine groups is 1. The van der Waals surface area contributed by atoms with Crippen LogP contribution in [0.15, 0.2) is 4.99 Å². The predicted molar refractivity (Wildman–Crippen MR) is 55.8 cm³/mol. The van der Waals surface area contributed by atoms with Crippen LogP contribution < -0.4 is 0 Å². The SMILES string of the molecule is CCCCCN=C(CC)N(C)C. The fourth-order valence-electron chi connectivity index (χ4n) is 1.14. The molecule has 0 saturated heterocycles.